The van der Waals surface area contributed by atoms with Gasteiger partial charge in [0.25, 0.3) is 0 Å². The van der Waals surface area contributed by atoms with E-state index >= 15 is 0 Å². The summed E-state index contributed by atoms with van der Waals surface area (Å²) in [6.07, 6.45) is 5.71. The van der Waals surface area contributed by atoms with E-state index in [1.807, 2.05) is 6.92 Å². The van der Waals surface area contributed by atoms with Crippen molar-refractivity contribution in [2.45, 2.75) is 46.0 Å². The van der Waals surface area contributed by atoms with E-state index in [1.165, 1.54) is 30.6 Å². The van der Waals surface area contributed by atoms with Crippen molar-refractivity contribution in [2.24, 2.45) is 23.2 Å². The quantitative estimate of drug-likeness (QED) is 0.803. The summed E-state index contributed by atoms with van der Waals surface area (Å²) in [5.74, 6) is 1.64. The van der Waals surface area contributed by atoms with Gasteiger partial charge >= 0.3 is 5.97 Å². The minimum atomic E-state index is -0.399. The summed E-state index contributed by atoms with van der Waals surface area (Å²) in [5.41, 5.74) is 0.951. The Labute approximate surface area is 152 Å². The van der Waals surface area contributed by atoms with E-state index in [4.69, 9.17) is 9.47 Å². The Bertz CT molecular complexity index is 711. The highest BCUT2D eigenvalue weighted by atomic mass is 32.1. The number of carbonyl (C=O) groups excluding carboxylic acids is 2. The van der Waals surface area contributed by atoms with Gasteiger partial charge in [0, 0.05) is 5.56 Å². The minimum Gasteiger partial charge on any atom is -0.487 e. The highest BCUT2D eigenvalue weighted by Gasteiger charge is 2.61. The first-order chi connectivity index (χ1) is 12.0. The first-order valence-corrected chi connectivity index (χ1v) is 9.96. The molecular weight excluding hydrogens is 338 g/mol. The number of thiophene rings is 1. The zero-order valence-corrected chi connectivity index (χ0v) is 15.8. The molecular formula is C19H25NO4S. The van der Waals surface area contributed by atoms with Gasteiger partial charge in [-0.2, -0.15) is 0 Å². The number of esters is 1. The van der Waals surface area contributed by atoms with Gasteiger partial charge in [0.2, 0.25) is 5.91 Å². The van der Waals surface area contributed by atoms with E-state index in [2.05, 4.69) is 5.32 Å². The van der Waals surface area contributed by atoms with Crippen molar-refractivity contribution >= 4 is 28.2 Å². The van der Waals surface area contributed by atoms with Crippen LogP contribution in [0.15, 0.2) is 0 Å². The van der Waals surface area contributed by atoms with Crippen LogP contribution in [0.5, 0.6) is 5.06 Å². The van der Waals surface area contributed by atoms with Gasteiger partial charge in [0.1, 0.15) is 10.6 Å². The smallest absolute Gasteiger partial charge is 0.341 e. The molecule has 0 spiro atoms. The second kappa shape index (κ2) is 6.01. The third-order valence-corrected chi connectivity index (χ3v) is 7.61. The third-order valence-electron chi connectivity index (χ3n) is 6.44. The van der Waals surface area contributed by atoms with Gasteiger partial charge in [-0.05, 0) is 63.7 Å². The Kier molecular flexibility index (Phi) is 4.06. The van der Waals surface area contributed by atoms with E-state index in [-0.39, 0.29) is 11.3 Å². The van der Waals surface area contributed by atoms with Crippen LogP contribution in [0.1, 0.15) is 54.9 Å². The molecule has 4 saturated carbocycles. The third kappa shape index (κ3) is 2.48. The summed E-state index contributed by atoms with van der Waals surface area (Å²) in [6, 6.07) is 0. The highest BCUT2D eigenvalue weighted by Crippen LogP contribution is 2.65. The normalized spacial score (nSPS) is 32.0. The molecule has 2 atom stereocenters. The summed E-state index contributed by atoms with van der Waals surface area (Å²) >= 11 is 1.32. The summed E-state index contributed by atoms with van der Waals surface area (Å²) in [5, 5.41) is 4.30. The molecule has 2 unspecified atom stereocenters. The van der Waals surface area contributed by atoms with Crippen LogP contribution < -0.4 is 10.1 Å². The van der Waals surface area contributed by atoms with Crippen molar-refractivity contribution in [3.05, 3.63) is 11.1 Å². The van der Waals surface area contributed by atoms with Crippen LogP contribution in [-0.2, 0) is 9.53 Å². The van der Waals surface area contributed by atoms with Gasteiger partial charge in [0.15, 0.2) is 5.06 Å². The highest BCUT2D eigenvalue weighted by molar-refractivity contribution is 7.18. The van der Waals surface area contributed by atoms with Crippen molar-refractivity contribution in [1.82, 2.24) is 0 Å². The number of ether oxygens (including phenoxy) is 2. The maximum absolute atomic E-state index is 13.2. The molecule has 1 amide bonds. The van der Waals surface area contributed by atoms with E-state index < -0.39 is 5.97 Å². The molecule has 1 N–H and O–H groups in total. The zero-order valence-electron chi connectivity index (χ0n) is 15.0. The standard InChI is InChI=1S/C19H25NO4S/c1-4-24-16(21)14-10(2)17(23-3)25-15(14)20-18(22)19-8-11-5-12(9-19)7-13(19)6-11/h11-13H,4-9H2,1-3H3,(H,20,22). The summed E-state index contributed by atoms with van der Waals surface area (Å²) in [6.45, 7) is 3.92. The fraction of sp³-hybridized carbons (Fsp3) is 0.684. The van der Waals surface area contributed by atoms with Gasteiger partial charge in [-0.25, -0.2) is 4.79 Å². The summed E-state index contributed by atoms with van der Waals surface area (Å²) in [7, 11) is 1.58. The molecule has 0 saturated heterocycles. The maximum atomic E-state index is 13.2. The Morgan fingerprint density at radius 3 is 2.52 bits per heavy atom. The van der Waals surface area contributed by atoms with Gasteiger partial charge in [-0.1, -0.05) is 11.3 Å². The van der Waals surface area contributed by atoms with E-state index in [0.717, 1.165) is 18.4 Å². The molecule has 0 aliphatic heterocycles. The fourth-order valence-corrected chi connectivity index (χ4v) is 6.63. The lowest BCUT2D eigenvalue weighted by Crippen LogP contribution is -2.37. The maximum Gasteiger partial charge on any atom is 0.341 e. The van der Waals surface area contributed by atoms with Crippen molar-refractivity contribution in [1.29, 1.82) is 0 Å². The van der Waals surface area contributed by atoms with Crippen LogP contribution in [0.25, 0.3) is 0 Å². The number of anilines is 1. The summed E-state index contributed by atoms with van der Waals surface area (Å²) in [4.78, 5) is 25.6. The van der Waals surface area contributed by atoms with Crippen molar-refractivity contribution in [3.63, 3.8) is 0 Å². The molecule has 6 heteroatoms. The molecule has 1 heterocycles. The fourth-order valence-electron chi connectivity index (χ4n) is 5.62. The largest absolute Gasteiger partial charge is 0.487 e. The van der Waals surface area contributed by atoms with Crippen LogP contribution in [0.2, 0.25) is 0 Å². The SMILES string of the molecule is CCOC(=O)c1c(NC(=O)C23CC4CC(CC2C4)C3)sc(OC)c1C. The molecule has 136 valence electrons. The lowest BCUT2D eigenvalue weighted by molar-refractivity contribution is -0.127. The number of carbonyl (C=O) groups is 2. The molecule has 4 aliphatic carbocycles. The monoisotopic (exact) mass is 363 g/mol. The van der Waals surface area contributed by atoms with E-state index in [9.17, 15) is 9.59 Å². The number of hydrogen-bond acceptors (Lipinski definition) is 5. The number of rotatable bonds is 5. The molecule has 4 bridgehead atoms. The molecule has 0 aromatic carbocycles. The molecule has 25 heavy (non-hydrogen) atoms. The van der Waals surface area contributed by atoms with Crippen LogP contribution in [-0.4, -0.2) is 25.6 Å². The van der Waals surface area contributed by atoms with Crippen molar-refractivity contribution < 1.29 is 19.1 Å². The summed E-state index contributed by atoms with van der Waals surface area (Å²) < 4.78 is 10.6. The predicted molar refractivity (Wildman–Crippen MR) is 96.2 cm³/mol. The van der Waals surface area contributed by atoms with Gasteiger partial charge in [-0.3, -0.25) is 4.79 Å². The molecule has 5 rings (SSSR count). The van der Waals surface area contributed by atoms with Gasteiger partial charge in [-0.15, -0.1) is 0 Å². The molecule has 4 fully saturated rings. The molecule has 5 nitrogen and oxygen atoms in total. The van der Waals surface area contributed by atoms with Crippen LogP contribution in [0, 0.1) is 30.1 Å². The second-order valence-electron chi connectivity index (χ2n) is 7.80. The lowest BCUT2D eigenvalue weighted by Gasteiger charge is -2.31. The topological polar surface area (TPSA) is 64.6 Å². The van der Waals surface area contributed by atoms with E-state index in [1.54, 1.807) is 14.0 Å². The van der Waals surface area contributed by atoms with Crippen LogP contribution in [0.4, 0.5) is 5.00 Å². The average molecular weight is 363 g/mol. The number of nitrogens with one attached hydrogen (secondary N) is 1. The predicted octanol–water partition coefficient (Wildman–Crippen LogP) is 4.01. The number of hydrogen-bond donors (Lipinski definition) is 1. The minimum absolute atomic E-state index is 0.0941. The average Bonchev–Trinajstić information content (AvgIpc) is 3.11. The number of methoxy groups -OCH3 is 1. The molecule has 1 aromatic rings. The van der Waals surface area contributed by atoms with Crippen molar-refractivity contribution in [3.8, 4) is 5.06 Å². The van der Waals surface area contributed by atoms with Crippen LogP contribution >= 0.6 is 11.3 Å². The lowest BCUT2D eigenvalue weighted by atomic mass is 9.75. The Balaban J connectivity index is 1.62. The molecule has 0 radical (unpaired) electrons. The Morgan fingerprint density at radius 1 is 1.24 bits per heavy atom. The van der Waals surface area contributed by atoms with Gasteiger partial charge < -0.3 is 14.8 Å². The number of amides is 1. The van der Waals surface area contributed by atoms with E-state index in [0.29, 0.717) is 40.0 Å². The Hall–Kier alpha value is -1.56. The van der Waals surface area contributed by atoms with Gasteiger partial charge in [0.05, 0.1) is 19.1 Å². The molecule has 1 aromatic heterocycles. The van der Waals surface area contributed by atoms with Crippen molar-refractivity contribution in [2.75, 3.05) is 19.0 Å². The Morgan fingerprint density at radius 2 is 1.92 bits per heavy atom. The van der Waals surface area contributed by atoms with Crippen LogP contribution in [0.3, 0.4) is 0 Å². The second-order valence-corrected chi connectivity index (χ2v) is 8.78. The first-order valence-electron chi connectivity index (χ1n) is 9.14. The molecule has 4 aliphatic rings. The zero-order chi connectivity index (χ0) is 17.8. The first kappa shape index (κ1) is 16.9.